The fraction of sp³-hybridized carbons (Fsp3) is 0.474. The number of aromatic nitrogens is 2. The average Bonchev–Trinajstić information content (AvgIpc) is 3.27. The predicted octanol–water partition coefficient (Wildman–Crippen LogP) is 2.23. The van der Waals surface area contributed by atoms with Crippen molar-refractivity contribution in [3.05, 3.63) is 48.3 Å². The zero-order chi connectivity index (χ0) is 17.6. The van der Waals surface area contributed by atoms with E-state index in [2.05, 4.69) is 15.3 Å². The first-order chi connectivity index (χ1) is 12.2. The minimum Gasteiger partial charge on any atom is -0.496 e. The van der Waals surface area contributed by atoms with Gasteiger partial charge in [-0.15, -0.1) is 0 Å². The fourth-order valence-electron chi connectivity index (χ4n) is 3.51. The largest absolute Gasteiger partial charge is 0.496 e. The Morgan fingerprint density at radius 1 is 1.40 bits per heavy atom. The van der Waals surface area contributed by atoms with Crippen LogP contribution >= 0.6 is 0 Å². The number of rotatable bonds is 7. The van der Waals surface area contributed by atoms with Gasteiger partial charge in [0.25, 0.3) is 0 Å². The SMILES string of the molecule is COc1ccccc1[C@@H](C)NC(=O)CN1CCC[C@@H]1Cn1cccn1. The van der Waals surface area contributed by atoms with Crippen LogP contribution in [0.1, 0.15) is 31.4 Å². The summed E-state index contributed by atoms with van der Waals surface area (Å²) in [7, 11) is 1.65. The topological polar surface area (TPSA) is 59.4 Å². The van der Waals surface area contributed by atoms with Crippen LogP contribution in [0, 0.1) is 0 Å². The van der Waals surface area contributed by atoms with Gasteiger partial charge in [-0.2, -0.15) is 5.10 Å². The van der Waals surface area contributed by atoms with Gasteiger partial charge in [-0.05, 0) is 38.4 Å². The van der Waals surface area contributed by atoms with Gasteiger partial charge in [0, 0.05) is 24.0 Å². The van der Waals surface area contributed by atoms with Gasteiger partial charge in [-0.25, -0.2) is 0 Å². The Bertz CT molecular complexity index is 686. The molecule has 6 heteroatoms. The highest BCUT2D eigenvalue weighted by atomic mass is 16.5. The average molecular weight is 342 g/mol. The molecule has 2 heterocycles. The van der Waals surface area contributed by atoms with Crippen molar-refractivity contribution in [1.82, 2.24) is 20.0 Å². The molecule has 1 saturated heterocycles. The second kappa shape index (κ2) is 8.16. The maximum absolute atomic E-state index is 12.5. The van der Waals surface area contributed by atoms with E-state index in [4.69, 9.17) is 4.74 Å². The second-order valence-corrected chi connectivity index (χ2v) is 6.53. The molecule has 134 valence electrons. The Hall–Kier alpha value is -2.34. The predicted molar refractivity (Wildman–Crippen MR) is 96.4 cm³/mol. The van der Waals surface area contributed by atoms with Gasteiger partial charge in [0.1, 0.15) is 5.75 Å². The van der Waals surface area contributed by atoms with Gasteiger partial charge in [0.2, 0.25) is 5.91 Å². The van der Waals surface area contributed by atoms with E-state index in [1.807, 2.05) is 48.1 Å². The van der Waals surface area contributed by atoms with Gasteiger partial charge in [-0.1, -0.05) is 18.2 Å². The normalized spacial score (nSPS) is 18.9. The third-order valence-electron chi connectivity index (χ3n) is 4.79. The Morgan fingerprint density at radius 3 is 3.00 bits per heavy atom. The summed E-state index contributed by atoms with van der Waals surface area (Å²) in [5.41, 5.74) is 0.993. The van der Waals surface area contributed by atoms with Gasteiger partial charge in [0.15, 0.2) is 0 Å². The molecule has 0 radical (unpaired) electrons. The van der Waals surface area contributed by atoms with Gasteiger partial charge in [-0.3, -0.25) is 14.4 Å². The number of likely N-dealkylation sites (tertiary alicyclic amines) is 1. The minimum absolute atomic E-state index is 0.0470. The molecular weight excluding hydrogens is 316 g/mol. The smallest absolute Gasteiger partial charge is 0.234 e. The standard InChI is InChI=1S/C19H26N4O2/c1-15(17-8-3-4-9-18(17)25-2)21-19(24)14-22-11-5-7-16(22)13-23-12-6-10-20-23/h3-4,6,8-10,12,15-16H,5,7,11,13-14H2,1-2H3,(H,21,24)/t15-,16-/m1/s1. The van der Waals surface area contributed by atoms with E-state index >= 15 is 0 Å². The number of hydrogen-bond acceptors (Lipinski definition) is 4. The molecular formula is C19H26N4O2. The van der Waals surface area contributed by atoms with Crippen LogP contribution in [0.3, 0.4) is 0 Å². The van der Waals surface area contributed by atoms with Crippen LogP contribution in [-0.4, -0.2) is 46.8 Å². The molecule has 0 aliphatic carbocycles. The van der Waals surface area contributed by atoms with E-state index < -0.39 is 0 Å². The summed E-state index contributed by atoms with van der Waals surface area (Å²) in [4.78, 5) is 14.8. The summed E-state index contributed by atoms with van der Waals surface area (Å²) >= 11 is 0. The van der Waals surface area contributed by atoms with Crippen molar-refractivity contribution in [2.24, 2.45) is 0 Å². The van der Waals surface area contributed by atoms with Crippen molar-refractivity contribution < 1.29 is 9.53 Å². The van der Waals surface area contributed by atoms with Crippen molar-refractivity contribution >= 4 is 5.91 Å². The highest BCUT2D eigenvalue weighted by Crippen LogP contribution is 2.24. The van der Waals surface area contributed by atoms with Crippen LogP contribution in [0.4, 0.5) is 0 Å². The van der Waals surface area contributed by atoms with Crippen LogP contribution in [-0.2, 0) is 11.3 Å². The van der Waals surface area contributed by atoms with Crippen molar-refractivity contribution in [2.45, 2.75) is 38.4 Å². The molecule has 1 fully saturated rings. The lowest BCUT2D eigenvalue weighted by Crippen LogP contribution is -2.42. The molecule has 3 rings (SSSR count). The van der Waals surface area contributed by atoms with E-state index in [0.29, 0.717) is 12.6 Å². The molecule has 0 spiro atoms. The zero-order valence-corrected chi connectivity index (χ0v) is 14.9. The Morgan fingerprint density at radius 2 is 2.24 bits per heavy atom. The Balaban J connectivity index is 1.56. The molecule has 1 aromatic carbocycles. The molecule has 25 heavy (non-hydrogen) atoms. The molecule has 1 amide bonds. The molecule has 2 aromatic rings. The van der Waals surface area contributed by atoms with Gasteiger partial charge in [0.05, 0.1) is 26.2 Å². The van der Waals surface area contributed by atoms with E-state index in [1.54, 1.807) is 13.3 Å². The van der Waals surface area contributed by atoms with E-state index in [9.17, 15) is 4.79 Å². The lowest BCUT2D eigenvalue weighted by molar-refractivity contribution is -0.123. The van der Waals surface area contributed by atoms with E-state index in [-0.39, 0.29) is 11.9 Å². The Labute approximate surface area is 148 Å². The second-order valence-electron chi connectivity index (χ2n) is 6.53. The molecule has 0 saturated carbocycles. The quantitative estimate of drug-likeness (QED) is 0.838. The lowest BCUT2D eigenvalue weighted by atomic mass is 10.1. The number of hydrogen-bond donors (Lipinski definition) is 1. The molecule has 0 bridgehead atoms. The Kier molecular flexibility index (Phi) is 5.71. The zero-order valence-electron chi connectivity index (χ0n) is 14.9. The maximum Gasteiger partial charge on any atom is 0.234 e. The number of amides is 1. The van der Waals surface area contributed by atoms with Crippen LogP contribution in [0.25, 0.3) is 0 Å². The van der Waals surface area contributed by atoms with Crippen LogP contribution in [0.2, 0.25) is 0 Å². The summed E-state index contributed by atoms with van der Waals surface area (Å²) in [6, 6.07) is 10.0. The summed E-state index contributed by atoms with van der Waals surface area (Å²) < 4.78 is 7.33. The molecule has 0 unspecified atom stereocenters. The number of nitrogens with zero attached hydrogens (tertiary/aromatic N) is 3. The van der Waals surface area contributed by atoms with Gasteiger partial charge < -0.3 is 10.1 Å². The molecule has 6 nitrogen and oxygen atoms in total. The van der Waals surface area contributed by atoms with Crippen LogP contribution < -0.4 is 10.1 Å². The molecule has 1 aliphatic rings. The molecule has 2 atom stereocenters. The lowest BCUT2D eigenvalue weighted by Gasteiger charge is -2.25. The van der Waals surface area contributed by atoms with Crippen molar-refractivity contribution in [3.63, 3.8) is 0 Å². The maximum atomic E-state index is 12.5. The van der Waals surface area contributed by atoms with E-state index in [1.165, 1.54) is 0 Å². The minimum atomic E-state index is -0.0872. The first-order valence-corrected chi connectivity index (χ1v) is 8.81. The van der Waals surface area contributed by atoms with Crippen LogP contribution in [0.15, 0.2) is 42.7 Å². The third-order valence-corrected chi connectivity index (χ3v) is 4.79. The monoisotopic (exact) mass is 342 g/mol. The third kappa shape index (κ3) is 4.39. The van der Waals surface area contributed by atoms with Gasteiger partial charge >= 0.3 is 0 Å². The molecule has 1 aliphatic heterocycles. The number of nitrogens with one attached hydrogen (secondary N) is 1. The number of carbonyl (C=O) groups is 1. The highest BCUT2D eigenvalue weighted by Gasteiger charge is 2.27. The summed E-state index contributed by atoms with van der Waals surface area (Å²) in [5.74, 6) is 0.846. The molecule has 1 aromatic heterocycles. The summed E-state index contributed by atoms with van der Waals surface area (Å²) in [6.45, 7) is 4.21. The molecule has 1 N–H and O–H groups in total. The van der Waals surface area contributed by atoms with E-state index in [0.717, 1.165) is 37.2 Å². The summed E-state index contributed by atoms with van der Waals surface area (Å²) in [5, 5.41) is 7.37. The van der Waals surface area contributed by atoms with Crippen molar-refractivity contribution in [1.29, 1.82) is 0 Å². The first kappa shape index (κ1) is 17.5. The van der Waals surface area contributed by atoms with Crippen molar-refractivity contribution in [3.8, 4) is 5.75 Å². The first-order valence-electron chi connectivity index (χ1n) is 8.81. The fourth-order valence-corrected chi connectivity index (χ4v) is 3.51. The number of methoxy groups -OCH3 is 1. The number of ether oxygens (including phenoxy) is 1. The highest BCUT2D eigenvalue weighted by molar-refractivity contribution is 5.78. The number of benzene rings is 1. The summed E-state index contributed by atoms with van der Waals surface area (Å²) in [6.07, 6.45) is 6.00. The number of para-hydroxylation sites is 1. The van der Waals surface area contributed by atoms with Crippen molar-refractivity contribution in [2.75, 3.05) is 20.2 Å². The van der Waals surface area contributed by atoms with Crippen LogP contribution in [0.5, 0.6) is 5.75 Å². The number of carbonyl (C=O) groups excluding carboxylic acids is 1.